The van der Waals surface area contributed by atoms with E-state index in [9.17, 15) is 4.79 Å². The van der Waals surface area contributed by atoms with E-state index < -0.39 is 0 Å². The zero-order valence-electron chi connectivity index (χ0n) is 14.0. The first-order valence-corrected chi connectivity index (χ1v) is 8.66. The maximum atomic E-state index is 12.7. The topological polar surface area (TPSA) is 89.3 Å². The summed E-state index contributed by atoms with van der Waals surface area (Å²) in [4.78, 5) is 16.7. The Kier molecular flexibility index (Phi) is 4.05. The second-order valence-electron chi connectivity index (χ2n) is 6.77. The van der Waals surface area contributed by atoms with Crippen LogP contribution < -0.4 is 21.1 Å². The molecule has 6 nitrogen and oxygen atoms in total. The Morgan fingerprint density at radius 3 is 2.88 bits per heavy atom. The Bertz CT molecular complexity index is 786. The van der Waals surface area contributed by atoms with Gasteiger partial charge in [0.15, 0.2) is 0 Å². The third kappa shape index (κ3) is 3.05. The van der Waals surface area contributed by atoms with Crippen LogP contribution in [0.15, 0.2) is 42.7 Å². The predicted molar refractivity (Wildman–Crippen MR) is 95.4 cm³/mol. The van der Waals surface area contributed by atoms with Gasteiger partial charge in [0.2, 0.25) is 0 Å². The van der Waals surface area contributed by atoms with E-state index >= 15 is 0 Å². The van der Waals surface area contributed by atoms with Crippen LogP contribution in [-0.4, -0.2) is 29.6 Å². The van der Waals surface area contributed by atoms with Gasteiger partial charge in [0.25, 0.3) is 5.91 Å². The Balaban J connectivity index is 1.63. The highest BCUT2D eigenvalue weighted by Crippen LogP contribution is 2.43. The summed E-state index contributed by atoms with van der Waals surface area (Å²) in [5.74, 6) is 0.663. The molecule has 2 aliphatic rings. The summed E-state index contributed by atoms with van der Waals surface area (Å²) < 4.78 is 6.37. The van der Waals surface area contributed by atoms with Gasteiger partial charge in [-0.15, -0.1) is 0 Å². The molecule has 130 valence electrons. The molecule has 4 rings (SSSR count). The van der Waals surface area contributed by atoms with Gasteiger partial charge in [-0.3, -0.25) is 9.78 Å². The van der Waals surface area contributed by atoms with Crippen LogP contribution in [0.3, 0.4) is 0 Å². The van der Waals surface area contributed by atoms with Crippen LogP contribution in [0.2, 0.25) is 0 Å². The molecule has 2 aliphatic heterocycles. The highest BCUT2D eigenvalue weighted by atomic mass is 16.5. The van der Waals surface area contributed by atoms with Gasteiger partial charge < -0.3 is 21.1 Å². The quantitative estimate of drug-likeness (QED) is 0.780. The lowest BCUT2D eigenvalue weighted by Crippen LogP contribution is -2.51. The number of aromatic nitrogens is 1. The van der Waals surface area contributed by atoms with Crippen molar-refractivity contribution >= 4 is 11.6 Å². The molecule has 1 amide bonds. The summed E-state index contributed by atoms with van der Waals surface area (Å²) >= 11 is 0. The van der Waals surface area contributed by atoms with Crippen molar-refractivity contribution in [3.8, 4) is 5.75 Å². The first kappa shape index (κ1) is 15.9. The van der Waals surface area contributed by atoms with Gasteiger partial charge in [0, 0.05) is 30.1 Å². The SMILES string of the molecule is Nc1ccncc1C(=O)NC1CC2(CCNCC2)Oc2ccccc21. The molecule has 1 atom stereocenters. The molecule has 1 aromatic heterocycles. The fourth-order valence-corrected chi connectivity index (χ4v) is 3.77. The number of piperidine rings is 1. The number of ether oxygens (including phenoxy) is 1. The molecule has 1 fully saturated rings. The van der Waals surface area contributed by atoms with Crippen molar-refractivity contribution < 1.29 is 9.53 Å². The van der Waals surface area contributed by atoms with Gasteiger partial charge >= 0.3 is 0 Å². The Morgan fingerprint density at radius 1 is 1.28 bits per heavy atom. The molecule has 4 N–H and O–H groups in total. The molecule has 0 radical (unpaired) electrons. The largest absolute Gasteiger partial charge is 0.487 e. The number of para-hydroxylation sites is 1. The third-order valence-corrected chi connectivity index (χ3v) is 5.12. The number of pyridine rings is 1. The number of amides is 1. The molecule has 3 heterocycles. The minimum Gasteiger partial charge on any atom is -0.487 e. The molecule has 1 aromatic carbocycles. The second-order valence-corrected chi connectivity index (χ2v) is 6.77. The van der Waals surface area contributed by atoms with Crippen LogP contribution in [-0.2, 0) is 0 Å². The number of benzene rings is 1. The lowest BCUT2D eigenvalue weighted by atomic mass is 9.81. The lowest BCUT2D eigenvalue weighted by molar-refractivity contribution is 0.00365. The molecule has 2 aromatic rings. The smallest absolute Gasteiger partial charge is 0.255 e. The summed E-state index contributed by atoms with van der Waals surface area (Å²) in [7, 11) is 0. The lowest BCUT2D eigenvalue weighted by Gasteiger charge is -2.44. The average Bonchev–Trinajstić information content (AvgIpc) is 2.62. The summed E-state index contributed by atoms with van der Waals surface area (Å²) in [6.07, 6.45) is 5.72. The number of fused-ring (bicyclic) bond motifs is 1. The maximum Gasteiger partial charge on any atom is 0.255 e. The van der Waals surface area contributed by atoms with Crippen molar-refractivity contribution in [1.82, 2.24) is 15.6 Å². The summed E-state index contributed by atoms with van der Waals surface area (Å²) in [5.41, 5.74) is 7.56. The number of hydrogen-bond donors (Lipinski definition) is 3. The number of carbonyl (C=O) groups is 1. The van der Waals surface area contributed by atoms with Crippen molar-refractivity contribution in [1.29, 1.82) is 0 Å². The van der Waals surface area contributed by atoms with Crippen LogP contribution >= 0.6 is 0 Å². The van der Waals surface area contributed by atoms with E-state index in [4.69, 9.17) is 10.5 Å². The Morgan fingerprint density at radius 2 is 2.08 bits per heavy atom. The van der Waals surface area contributed by atoms with Crippen LogP contribution in [0.1, 0.15) is 41.2 Å². The number of anilines is 1. The van der Waals surface area contributed by atoms with E-state index in [1.807, 2.05) is 24.3 Å². The van der Waals surface area contributed by atoms with Crippen molar-refractivity contribution in [2.24, 2.45) is 0 Å². The second kappa shape index (κ2) is 6.37. The number of carbonyl (C=O) groups excluding carboxylic acids is 1. The van der Waals surface area contributed by atoms with Gasteiger partial charge in [-0.1, -0.05) is 18.2 Å². The van der Waals surface area contributed by atoms with Crippen LogP contribution in [0.5, 0.6) is 5.75 Å². The number of hydrogen-bond acceptors (Lipinski definition) is 5. The molecule has 1 unspecified atom stereocenters. The predicted octanol–water partition coefficient (Wildman–Crippen LogP) is 2.04. The minimum atomic E-state index is -0.224. The maximum absolute atomic E-state index is 12.7. The minimum absolute atomic E-state index is 0.102. The van der Waals surface area contributed by atoms with Gasteiger partial charge in [-0.05, 0) is 38.1 Å². The van der Waals surface area contributed by atoms with Crippen LogP contribution in [0, 0.1) is 0 Å². The summed E-state index contributed by atoms with van der Waals surface area (Å²) in [6, 6.07) is 9.48. The van der Waals surface area contributed by atoms with Crippen molar-refractivity contribution in [2.45, 2.75) is 30.9 Å². The van der Waals surface area contributed by atoms with Gasteiger partial charge in [0.05, 0.1) is 11.6 Å². The van der Waals surface area contributed by atoms with E-state index in [2.05, 4.69) is 15.6 Å². The van der Waals surface area contributed by atoms with E-state index in [0.717, 1.165) is 43.7 Å². The number of rotatable bonds is 2. The highest BCUT2D eigenvalue weighted by Gasteiger charge is 2.42. The van der Waals surface area contributed by atoms with Crippen molar-refractivity contribution in [2.75, 3.05) is 18.8 Å². The van der Waals surface area contributed by atoms with E-state index in [0.29, 0.717) is 11.3 Å². The van der Waals surface area contributed by atoms with Gasteiger partial charge in [-0.2, -0.15) is 0 Å². The van der Waals surface area contributed by atoms with E-state index in [1.54, 1.807) is 12.3 Å². The highest BCUT2D eigenvalue weighted by molar-refractivity contribution is 5.99. The number of nitrogens with zero attached hydrogens (tertiary/aromatic N) is 1. The van der Waals surface area contributed by atoms with Gasteiger partial charge in [0.1, 0.15) is 11.4 Å². The first-order valence-electron chi connectivity index (χ1n) is 8.66. The summed E-state index contributed by atoms with van der Waals surface area (Å²) in [6.45, 7) is 1.86. The van der Waals surface area contributed by atoms with E-state index in [1.165, 1.54) is 6.20 Å². The number of nitrogen functional groups attached to an aromatic ring is 1. The van der Waals surface area contributed by atoms with Crippen molar-refractivity contribution in [3.63, 3.8) is 0 Å². The molecule has 25 heavy (non-hydrogen) atoms. The average molecular weight is 338 g/mol. The van der Waals surface area contributed by atoms with Gasteiger partial charge in [-0.25, -0.2) is 0 Å². The summed E-state index contributed by atoms with van der Waals surface area (Å²) in [5, 5.41) is 6.52. The zero-order valence-corrected chi connectivity index (χ0v) is 14.0. The molecule has 0 bridgehead atoms. The van der Waals surface area contributed by atoms with E-state index in [-0.39, 0.29) is 17.6 Å². The fraction of sp³-hybridized carbons (Fsp3) is 0.368. The fourth-order valence-electron chi connectivity index (χ4n) is 3.77. The Labute approximate surface area is 146 Å². The normalized spacial score (nSPS) is 21.2. The molecular formula is C19H22N4O2. The van der Waals surface area contributed by atoms with Crippen LogP contribution in [0.4, 0.5) is 5.69 Å². The van der Waals surface area contributed by atoms with Crippen LogP contribution in [0.25, 0.3) is 0 Å². The molecule has 0 aliphatic carbocycles. The monoisotopic (exact) mass is 338 g/mol. The third-order valence-electron chi connectivity index (χ3n) is 5.12. The molecule has 0 saturated carbocycles. The standard InChI is InChI=1S/C19H22N4O2/c20-15-5-8-22-12-14(15)18(24)23-16-11-19(6-9-21-10-7-19)25-17-4-2-1-3-13(16)17/h1-5,8,12,16,21H,6-7,9-11H2,(H2,20,22)(H,23,24). The number of nitrogens with one attached hydrogen (secondary N) is 2. The molecule has 1 saturated heterocycles. The molecular weight excluding hydrogens is 316 g/mol. The zero-order chi connectivity index (χ0) is 17.3. The Hall–Kier alpha value is -2.60. The number of nitrogens with two attached hydrogens (primary N) is 1. The first-order chi connectivity index (χ1) is 12.2. The van der Waals surface area contributed by atoms with Crippen molar-refractivity contribution in [3.05, 3.63) is 53.9 Å². The molecule has 1 spiro atoms. The molecule has 6 heteroatoms.